The summed E-state index contributed by atoms with van der Waals surface area (Å²) in [7, 11) is 0. The van der Waals surface area contributed by atoms with E-state index in [9.17, 15) is 4.79 Å². The molecule has 1 heterocycles. The second-order valence-corrected chi connectivity index (χ2v) is 3.67. The lowest BCUT2D eigenvalue weighted by Crippen LogP contribution is -2.31. The van der Waals surface area contributed by atoms with Crippen molar-refractivity contribution in [1.29, 1.82) is 0 Å². The van der Waals surface area contributed by atoms with E-state index in [2.05, 4.69) is 0 Å². The van der Waals surface area contributed by atoms with Gasteiger partial charge in [0.2, 0.25) is 0 Å². The van der Waals surface area contributed by atoms with E-state index in [1.54, 1.807) is 0 Å². The number of nitrogens with zero attached hydrogens (tertiary/aromatic N) is 1. The number of benzene rings is 1. The molecule has 1 aliphatic heterocycles. The topological polar surface area (TPSA) is 46.3 Å². The molecule has 3 nitrogen and oxygen atoms in total. The highest BCUT2D eigenvalue weighted by molar-refractivity contribution is 5.94. The minimum atomic E-state index is 0.0959. The van der Waals surface area contributed by atoms with Crippen LogP contribution in [-0.2, 0) is 0 Å². The van der Waals surface area contributed by atoms with E-state index in [1.165, 1.54) is 0 Å². The SMILES string of the molecule is N[C@@H]1CCN(C(=O)c2ccccc2)C1. The number of carbonyl (C=O) groups is 1. The molecule has 2 rings (SSSR count). The molecule has 1 saturated heterocycles. The molecule has 1 atom stereocenters. The second kappa shape index (κ2) is 3.80. The van der Waals surface area contributed by atoms with Gasteiger partial charge in [0.05, 0.1) is 0 Å². The van der Waals surface area contributed by atoms with E-state index < -0.39 is 0 Å². The molecule has 0 saturated carbocycles. The molecule has 2 N–H and O–H groups in total. The van der Waals surface area contributed by atoms with Crippen LogP contribution >= 0.6 is 0 Å². The van der Waals surface area contributed by atoms with Crippen molar-refractivity contribution >= 4 is 5.91 Å². The Morgan fingerprint density at radius 2 is 2.07 bits per heavy atom. The maximum absolute atomic E-state index is 11.9. The van der Waals surface area contributed by atoms with Gasteiger partial charge >= 0.3 is 0 Å². The van der Waals surface area contributed by atoms with Crippen LogP contribution in [0.3, 0.4) is 0 Å². The molecule has 1 aromatic rings. The molecule has 0 aliphatic carbocycles. The second-order valence-electron chi connectivity index (χ2n) is 3.67. The summed E-state index contributed by atoms with van der Waals surface area (Å²) in [5.74, 6) is 0.0959. The Bertz CT molecular complexity index is 323. The maximum atomic E-state index is 11.9. The summed E-state index contributed by atoms with van der Waals surface area (Å²) in [6, 6.07) is 9.50. The highest BCUT2D eigenvalue weighted by Gasteiger charge is 2.23. The Balaban J connectivity index is 2.10. The molecule has 0 radical (unpaired) electrons. The molecule has 1 fully saturated rings. The standard InChI is InChI=1S/C11H14N2O/c12-10-6-7-13(8-10)11(14)9-4-2-1-3-5-9/h1-5,10H,6-8,12H2/t10-/m1/s1. The fraction of sp³-hybridized carbons (Fsp3) is 0.364. The average molecular weight is 190 g/mol. The number of carbonyl (C=O) groups excluding carboxylic acids is 1. The molecule has 0 aromatic heterocycles. The van der Waals surface area contributed by atoms with E-state index >= 15 is 0 Å². The number of likely N-dealkylation sites (tertiary alicyclic amines) is 1. The summed E-state index contributed by atoms with van der Waals surface area (Å²) >= 11 is 0. The van der Waals surface area contributed by atoms with Gasteiger partial charge in [-0.2, -0.15) is 0 Å². The van der Waals surface area contributed by atoms with Crippen LogP contribution in [0.2, 0.25) is 0 Å². The normalized spacial score (nSPS) is 21.2. The van der Waals surface area contributed by atoms with Crippen LogP contribution in [-0.4, -0.2) is 29.9 Å². The van der Waals surface area contributed by atoms with Crippen molar-refractivity contribution < 1.29 is 4.79 Å². The summed E-state index contributed by atoms with van der Waals surface area (Å²) in [5.41, 5.74) is 6.50. The van der Waals surface area contributed by atoms with Gasteiger partial charge in [-0.1, -0.05) is 18.2 Å². The minimum absolute atomic E-state index is 0.0959. The molecular weight excluding hydrogens is 176 g/mol. The maximum Gasteiger partial charge on any atom is 0.253 e. The van der Waals surface area contributed by atoms with Crippen LogP contribution in [0.5, 0.6) is 0 Å². The number of amides is 1. The fourth-order valence-corrected chi connectivity index (χ4v) is 1.74. The molecule has 1 amide bonds. The van der Waals surface area contributed by atoms with Crippen LogP contribution in [0.1, 0.15) is 16.8 Å². The van der Waals surface area contributed by atoms with Crippen molar-refractivity contribution in [2.45, 2.75) is 12.5 Å². The number of rotatable bonds is 1. The summed E-state index contributed by atoms with van der Waals surface area (Å²) < 4.78 is 0. The zero-order valence-electron chi connectivity index (χ0n) is 8.02. The Labute approximate surface area is 83.5 Å². The summed E-state index contributed by atoms with van der Waals surface area (Å²) in [6.07, 6.45) is 0.915. The summed E-state index contributed by atoms with van der Waals surface area (Å²) in [5, 5.41) is 0. The van der Waals surface area contributed by atoms with Crippen molar-refractivity contribution in [2.75, 3.05) is 13.1 Å². The third-order valence-corrected chi connectivity index (χ3v) is 2.53. The first-order valence-electron chi connectivity index (χ1n) is 4.87. The van der Waals surface area contributed by atoms with Crippen molar-refractivity contribution in [3.63, 3.8) is 0 Å². The van der Waals surface area contributed by atoms with Crippen molar-refractivity contribution in [3.05, 3.63) is 35.9 Å². The van der Waals surface area contributed by atoms with Crippen molar-refractivity contribution in [2.24, 2.45) is 5.73 Å². The van der Waals surface area contributed by atoms with Crippen LogP contribution < -0.4 is 5.73 Å². The zero-order valence-corrected chi connectivity index (χ0v) is 8.02. The zero-order chi connectivity index (χ0) is 9.97. The van der Waals surface area contributed by atoms with E-state index in [1.807, 2.05) is 35.2 Å². The molecule has 0 spiro atoms. The molecule has 74 valence electrons. The molecule has 3 heteroatoms. The number of nitrogens with two attached hydrogens (primary N) is 1. The molecule has 1 aliphatic rings. The van der Waals surface area contributed by atoms with E-state index in [4.69, 9.17) is 5.73 Å². The van der Waals surface area contributed by atoms with E-state index in [0.717, 1.165) is 18.5 Å². The smallest absolute Gasteiger partial charge is 0.253 e. The number of hydrogen-bond acceptors (Lipinski definition) is 2. The highest BCUT2D eigenvalue weighted by atomic mass is 16.2. The Kier molecular flexibility index (Phi) is 2.50. The molecule has 0 unspecified atom stereocenters. The molecule has 1 aromatic carbocycles. The van der Waals surface area contributed by atoms with Crippen LogP contribution in [0, 0.1) is 0 Å². The minimum Gasteiger partial charge on any atom is -0.337 e. The van der Waals surface area contributed by atoms with E-state index in [0.29, 0.717) is 6.54 Å². The van der Waals surface area contributed by atoms with Gasteiger partial charge in [0, 0.05) is 24.7 Å². The predicted molar refractivity (Wildman–Crippen MR) is 54.9 cm³/mol. The lowest BCUT2D eigenvalue weighted by atomic mass is 10.2. The van der Waals surface area contributed by atoms with Gasteiger partial charge in [-0.3, -0.25) is 4.79 Å². The van der Waals surface area contributed by atoms with Gasteiger partial charge in [0.25, 0.3) is 5.91 Å². The van der Waals surface area contributed by atoms with Crippen LogP contribution in [0.4, 0.5) is 0 Å². The molecule has 0 bridgehead atoms. The van der Waals surface area contributed by atoms with Gasteiger partial charge in [-0.15, -0.1) is 0 Å². The third kappa shape index (κ3) is 1.77. The summed E-state index contributed by atoms with van der Waals surface area (Å²) in [4.78, 5) is 13.7. The quantitative estimate of drug-likeness (QED) is 0.714. The average Bonchev–Trinajstić information content (AvgIpc) is 2.65. The first-order valence-corrected chi connectivity index (χ1v) is 4.87. The first kappa shape index (κ1) is 9.21. The van der Waals surface area contributed by atoms with Crippen molar-refractivity contribution in [1.82, 2.24) is 4.90 Å². The Hall–Kier alpha value is -1.35. The van der Waals surface area contributed by atoms with Gasteiger partial charge in [-0.05, 0) is 18.6 Å². The number of hydrogen-bond donors (Lipinski definition) is 1. The molecule has 14 heavy (non-hydrogen) atoms. The van der Waals surface area contributed by atoms with Crippen LogP contribution in [0.25, 0.3) is 0 Å². The molecular formula is C11H14N2O. The fourth-order valence-electron chi connectivity index (χ4n) is 1.74. The van der Waals surface area contributed by atoms with Gasteiger partial charge in [0.1, 0.15) is 0 Å². The monoisotopic (exact) mass is 190 g/mol. The van der Waals surface area contributed by atoms with Gasteiger partial charge in [0.15, 0.2) is 0 Å². The summed E-state index contributed by atoms with van der Waals surface area (Å²) in [6.45, 7) is 1.47. The third-order valence-electron chi connectivity index (χ3n) is 2.53. The Morgan fingerprint density at radius 1 is 1.36 bits per heavy atom. The predicted octanol–water partition coefficient (Wildman–Crippen LogP) is 0.860. The lowest BCUT2D eigenvalue weighted by molar-refractivity contribution is 0.0791. The van der Waals surface area contributed by atoms with Crippen molar-refractivity contribution in [3.8, 4) is 0 Å². The van der Waals surface area contributed by atoms with Gasteiger partial charge in [-0.25, -0.2) is 0 Å². The Morgan fingerprint density at radius 3 is 2.64 bits per heavy atom. The van der Waals surface area contributed by atoms with Gasteiger partial charge < -0.3 is 10.6 Å². The van der Waals surface area contributed by atoms with Crippen LogP contribution in [0.15, 0.2) is 30.3 Å². The van der Waals surface area contributed by atoms with E-state index in [-0.39, 0.29) is 11.9 Å². The lowest BCUT2D eigenvalue weighted by Gasteiger charge is -2.15. The first-order chi connectivity index (χ1) is 6.77. The highest BCUT2D eigenvalue weighted by Crippen LogP contribution is 2.11. The largest absolute Gasteiger partial charge is 0.337 e.